The SMILES string of the molecule is CCc1cc(Br)ccc1S(=O)(=O)Nc1ccccc1O. The maximum Gasteiger partial charge on any atom is 0.262 e. The molecule has 106 valence electrons. The van der Waals surface area contributed by atoms with Gasteiger partial charge in [0.15, 0.2) is 0 Å². The Morgan fingerprint density at radius 3 is 2.55 bits per heavy atom. The minimum absolute atomic E-state index is 0.105. The first kappa shape index (κ1) is 14.9. The fraction of sp³-hybridized carbons (Fsp3) is 0.143. The summed E-state index contributed by atoms with van der Waals surface area (Å²) in [5.74, 6) is -0.105. The van der Waals surface area contributed by atoms with Gasteiger partial charge in [-0.2, -0.15) is 0 Å². The summed E-state index contributed by atoms with van der Waals surface area (Å²) in [5, 5.41) is 9.66. The Bertz CT molecular complexity index is 729. The minimum atomic E-state index is -3.73. The van der Waals surface area contributed by atoms with Gasteiger partial charge in [-0.1, -0.05) is 35.0 Å². The van der Waals surface area contributed by atoms with Gasteiger partial charge in [0.25, 0.3) is 10.0 Å². The van der Waals surface area contributed by atoms with Gasteiger partial charge in [-0.3, -0.25) is 4.72 Å². The van der Waals surface area contributed by atoms with E-state index in [2.05, 4.69) is 20.7 Å². The molecule has 0 amide bonds. The Labute approximate surface area is 126 Å². The van der Waals surface area contributed by atoms with Gasteiger partial charge in [0.2, 0.25) is 0 Å². The molecule has 0 aromatic heterocycles. The largest absolute Gasteiger partial charge is 0.506 e. The molecule has 4 nitrogen and oxygen atoms in total. The van der Waals surface area contributed by atoms with Gasteiger partial charge >= 0.3 is 0 Å². The second-order valence-corrected chi connectivity index (χ2v) is 6.79. The Morgan fingerprint density at radius 2 is 1.90 bits per heavy atom. The van der Waals surface area contributed by atoms with Gasteiger partial charge < -0.3 is 5.11 Å². The highest BCUT2D eigenvalue weighted by Gasteiger charge is 2.19. The molecule has 0 fully saturated rings. The molecule has 6 heteroatoms. The number of aromatic hydroxyl groups is 1. The highest BCUT2D eigenvalue weighted by Crippen LogP contribution is 2.27. The van der Waals surface area contributed by atoms with Crippen molar-refractivity contribution in [1.29, 1.82) is 0 Å². The number of benzene rings is 2. The van der Waals surface area contributed by atoms with Crippen molar-refractivity contribution in [2.45, 2.75) is 18.2 Å². The summed E-state index contributed by atoms with van der Waals surface area (Å²) in [7, 11) is -3.73. The van der Waals surface area contributed by atoms with Gasteiger partial charge in [-0.15, -0.1) is 0 Å². The molecule has 0 aliphatic rings. The van der Waals surface area contributed by atoms with Crippen LogP contribution in [0.2, 0.25) is 0 Å². The van der Waals surface area contributed by atoms with Crippen molar-refractivity contribution in [2.75, 3.05) is 4.72 Å². The van der Waals surface area contributed by atoms with Gasteiger partial charge in [0.05, 0.1) is 10.6 Å². The smallest absolute Gasteiger partial charge is 0.262 e. The number of anilines is 1. The van der Waals surface area contributed by atoms with E-state index < -0.39 is 10.0 Å². The molecular formula is C14H14BrNO3S. The van der Waals surface area contributed by atoms with Gasteiger partial charge in [0, 0.05) is 4.47 Å². The normalized spacial score (nSPS) is 11.3. The third kappa shape index (κ3) is 3.13. The molecule has 2 N–H and O–H groups in total. The van der Waals surface area contributed by atoms with Crippen LogP contribution in [0.3, 0.4) is 0 Å². The first-order chi connectivity index (χ1) is 9.44. The zero-order valence-electron chi connectivity index (χ0n) is 10.8. The predicted octanol–water partition coefficient (Wildman–Crippen LogP) is 3.52. The van der Waals surface area contributed by atoms with Crippen LogP contribution >= 0.6 is 15.9 Å². The minimum Gasteiger partial charge on any atom is -0.506 e. The number of para-hydroxylation sites is 2. The molecule has 2 aromatic rings. The summed E-state index contributed by atoms with van der Waals surface area (Å²) in [6.45, 7) is 1.89. The average molecular weight is 356 g/mol. The van der Waals surface area contributed by atoms with E-state index in [0.717, 1.165) is 4.47 Å². The topological polar surface area (TPSA) is 66.4 Å². The van der Waals surface area contributed by atoms with Crippen molar-refractivity contribution in [1.82, 2.24) is 0 Å². The van der Waals surface area contributed by atoms with Crippen LogP contribution in [0.4, 0.5) is 5.69 Å². The van der Waals surface area contributed by atoms with Crippen molar-refractivity contribution >= 4 is 31.6 Å². The van der Waals surface area contributed by atoms with Crippen molar-refractivity contribution < 1.29 is 13.5 Å². The zero-order chi connectivity index (χ0) is 14.8. The van der Waals surface area contributed by atoms with Crippen LogP contribution in [0.25, 0.3) is 0 Å². The standard InChI is InChI=1S/C14H14BrNO3S/c1-2-10-9-11(15)7-8-14(10)20(18,19)16-12-5-3-4-6-13(12)17/h3-9,16-17H,2H2,1H3. The van der Waals surface area contributed by atoms with Crippen LogP contribution < -0.4 is 4.72 Å². The van der Waals surface area contributed by atoms with Crippen LogP contribution in [0.1, 0.15) is 12.5 Å². The van der Waals surface area contributed by atoms with E-state index in [0.29, 0.717) is 12.0 Å². The molecule has 0 spiro atoms. The number of phenolic OH excluding ortho intramolecular Hbond substituents is 1. The summed E-state index contributed by atoms with van der Waals surface area (Å²) in [6, 6.07) is 11.2. The van der Waals surface area contributed by atoms with Gasteiger partial charge in [-0.05, 0) is 42.3 Å². The highest BCUT2D eigenvalue weighted by atomic mass is 79.9. The van der Waals surface area contributed by atoms with Crippen LogP contribution in [-0.2, 0) is 16.4 Å². The van der Waals surface area contributed by atoms with Crippen molar-refractivity contribution in [3.63, 3.8) is 0 Å². The lowest BCUT2D eigenvalue weighted by Crippen LogP contribution is -2.15. The molecule has 0 bridgehead atoms. The third-order valence-electron chi connectivity index (χ3n) is 2.84. The molecular weight excluding hydrogens is 342 g/mol. The number of sulfonamides is 1. The van der Waals surface area contributed by atoms with E-state index >= 15 is 0 Å². The molecule has 2 rings (SSSR count). The number of halogens is 1. The third-order valence-corrected chi connectivity index (χ3v) is 4.80. The number of aryl methyl sites for hydroxylation is 1. The molecule has 20 heavy (non-hydrogen) atoms. The van der Waals surface area contributed by atoms with Gasteiger partial charge in [0.1, 0.15) is 5.75 Å². The van der Waals surface area contributed by atoms with Crippen molar-refractivity contribution in [2.24, 2.45) is 0 Å². The van der Waals surface area contributed by atoms with E-state index in [-0.39, 0.29) is 16.3 Å². The van der Waals surface area contributed by atoms with Crippen LogP contribution in [0, 0.1) is 0 Å². The Balaban J connectivity index is 2.44. The first-order valence-electron chi connectivity index (χ1n) is 6.03. The number of nitrogens with one attached hydrogen (secondary N) is 1. The van der Waals surface area contributed by atoms with Crippen molar-refractivity contribution in [3.8, 4) is 5.75 Å². The zero-order valence-corrected chi connectivity index (χ0v) is 13.2. The summed E-state index contributed by atoms with van der Waals surface area (Å²) >= 11 is 3.33. The second-order valence-electron chi connectivity index (χ2n) is 4.23. The summed E-state index contributed by atoms with van der Waals surface area (Å²) in [5.41, 5.74) is 0.875. The molecule has 0 aliphatic carbocycles. The van der Waals surface area contributed by atoms with E-state index in [9.17, 15) is 13.5 Å². The second kappa shape index (κ2) is 5.85. The fourth-order valence-electron chi connectivity index (χ4n) is 1.85. The molecule has 0 heterocycles. The molecule has 0 atom stereocenters. The number of hydrogen-bond donors (Lipinski definition) is 2. The molecule has 0 aliphatic heterocycles. The molecule has 0 unspecified atom stereocenters. The maximum atomic E-state index is 12.4. The molecule has 0 saturated carbocycles. The average Bonchev–Trinajstić information content (AvgIpc) is 2.40. The van der Waals surface area contributed by atoms with E-state index in [1.165, 1.54) is 12.1 Å². The Hall–Kier alpha value is -1.53. The highest BCUT2D eigenvalue weighted by molar-refractivity contribution is 9.10. The lowest BCUT2D eigenvalue weighted by molar-refractivity contribution is 0.477. The number of phenols is 1. The molecule has 0 radical (unpaired) electrons. The summed E-state index contributed by atoms with van der Waals surface area (Å²) in [4.78, 5) is 0.214. The number of hydrogen-bond acceptors (Lipinski definition) is 3. The monoisotopic (exact) mass is 355 g/mol. The van der Waals surface area contributed by atoms with Gasteiger partial charge in [-0.25, -0.2) is 8.42 Å². The van der Waals surface area contributed by atoms with E-state index in [1.54, 1.807) is 30.3 Å². The molecule has 0 saturated heterocycles. The predicted molar refractivity (Wildman–Crippen MR) is 82.4 cm³/mol. The Morgan fingerprint density at radius 1 is 1.20 bits per heavy atom. The van der Waals surface area contributed by atoms with Crippen LogP contribution in [0.15, 0.2) is 51.8 Å². The molecule has 2 aromatic carbocycles. The van der Waals surface area contributed by atoms with E-state index in [4.69, 9.17) is 0 Å². The number of rotatable bonds is 4. The lowest BCUT2D eigenvalue weighted by Gasteiger charge is -2.12. The van der Waals surface area contributed by atoms with Crippen molar-refractivity contribution in [3.05, 3.63) is 52.5 Å². The summed E-state index contributed by atoms with van der Waals surface area (Å²) in [6.07, 6.45) is 0.594. The van der Waals surface area contributed by atoms with E-state index in [1.807, 2.05) is 6.92 Å². The lowest BCUT2D eigenvalue weighted by atomic mass is 10.2. The first-order valence-corrected chi connectivity index (χ1v) is 8.31. The summed E-state index contributed by atoms with van der Waals surface area (Å²) < 4.78 is 28.0. The van der Waals surface area contributed by atoms with Crippen LogP contribution in [0.5, 0.6) is 5.75 Å². The van der Waals surface area contributed by atoms with Crippen LogP contribution in [-0.4, -0.2) is 13.5 Å². The Kier molecular flexibility index (Phi) is 4.35. The maximum absolute atomic E-state index is 12.4. The fourth-order valence-corrected chi connectivity index (χ4v) is 3.62. The quantitative estimate of drug-likeness (QED) is 0.824.